The number of rotatable bonds is 14. The predicted molar refractivity (Wildman–Crippen MR) is 134 cm³/mol. The molecular formula is C28H34O7. The van der Waals surface area contributed by atoms with E-state index in [4.69, 9.17) is 23.4 Å². The van der Waals surface area contributed by atoms with E-state index in [0.29, 0.717) is 37.6 Å². The van der Waals surface area contributed by atoms with E-state index < -0.39 is 5.41 Å². The first-order valence-electron chi connectivity index (χ1n) is 12.0. The first kappa shape index (κ1) is 26.1. The third-order valence-electron chi connectivity index (χ3n) is 5.70. The second-order valence-electron chi connectivity index (χ2n) is 9.01. The summed E-state index contributed by atoms with van der Waals surface area (Å²) in [7, 11) is 1.41. The van der Waals surface area contributed by atoms with Crippen LogP contribution in [-0.4, -0.2) is 32.9 Å². The Labute approximate surface area is 205 Å². The molecule has 35 heavy (non-hydrogen) atoms. The lowest BCUT2D eigenvalue weighted by Gasteiger charge is -2.21. The van der Waals surface area contributed by atoms with Crippen LogP contribution >= 0.6 is 0 Å². The fourth-order valence-corrected chi connectivity index (χ4v) is 3.61. The Kier molecular flexibility index (Phi) is 9.58. The van der Waals surface area contributed by atoms with E-state index >= 15 is 0 Å². The van der Waals surface area contributed by atoms with Gasteiger partial charge >= 0.3 is 11.6 Å². The number of hydrogen-bond acceptors (Lipinski definition) is 7. The largest absolute Gasteiger partial charge is 0.494 e. The molecule has 2 aromatic carbocycles. The van der Waals surface area contributed by atoms with E-state index in [1.54, 1.807) is 12.1 Å². The molecule has 7 heteroatoms. The molecule has 0 radical (unpaired) electrons. The first-order valence-corrected chi connectivity index (χ1v) is 12.0. The van der Waals surface area contributed by atoms with Crippen LogP contribution in [0.5, 0.6) is 17.2 Å². The summed E-state index contributed by atoms with van der Waals surface area (Å²) in [6.45, 7) is 5.51. The third kappa shape index (κ3) is 8.35. The molecule has 3 aromatic rings. The van der Waals surface area contributed by atoms with Gasteiger partial charge in [-0.05, 0) is 88.4 Å². The number of ether oxygens (including phenoxy) is 4. The van der Waals surface area contributed by atoms with Crippen molar-refractivity contribution in [2.45, 2.75) is 46.0 Å². The van der Waals surface area contributed by atoms with Crippen molar-refractivity contribution >= 4 is 16.9 Å². The second-order valence-corrected chi connectivity index (χ2v) is 9.01. The number of carbonyl (C=O) groups excluding carboxylic acids is 1. The van der Waals surface area contributed by atoms with Gasteiger partial charge in [0, 0.05) is 17.5 Å². The van der Waals surface area contributed by atoms with Crippen LogP contribution in [0.25, 0.3) is 11.0 Å². The van der Waals surface area contributed by atoms with E-state index in [1.165, 1.54) is 13.2 Å². The van der Waals surface area contributed by atoms with Gasteiger partial charge in [-0.25, -0.2) is 4.79 Å². The molecule has 0 bridgehead atoms. The minimum absolute atomic E-state index is 0.201. The Bertz CT molecular complexity index is 1130. The van der Waals surface area contributed by atoms with Crippen LogP contribution in [0.4, 0.5) is 0 Å². The van der Waals surface area contributed by atoms with Gasteiger partial charge in [-0.3, -0.25) is 4.79 Å². The van der Waals surface area contributed by atoms with Gasteiger partial charge in [0.05, 0.1) is 32.3 Å². The molecule has 0 saturated carbocycles. The van der Waals surface area contributed by atoms with Gasteiger partial charge in [-0.2, -0.15) is 0 Å². The van der Waals surface area contributed by atoms with Crippen molar-refractivity contribution in [3.8, 4) is 17.2 Å². The molecule has 1 heterocycles. The van der Waals surface area contributed by atoms with Crippen LogP contribution in [0.1, 0.15) is 46.0 Å². The molecule has 0 aliphatic carbocycles. The van der Waals surface area contributed by atoms with E-state index in [1.807, 2.05) is 50.2 Å². The Morgan fingerprint density at radius 3 is 1.94 bits per heavy atom. The monoisotopic (exact) mass is 482 g/mol. The number of methoxy groups -OCH3 is 1. The number of fused-ring (bicyclic) bond motifs is 1. The molecule has 0 N–H and O–H groups in total. The Balaban J connectivity index is 1.26. The highest BCUT2D eigenvalue weighted by Crippen LogP contribution is 2.25. The van der Waals surface area contributed by atoms with Crippen molar-refractivity contribution in [1.29, 1.82) is 0 Å². The van der Waals surface area contributed by atoms with E-state index in [-0.39, 0.29) is 11.6 Å². The van der Waals surface area contributed by atoms with E-state index in [9.17, 15) is 9.59 Å². The average molecular weight is 483 g/mol. The van der Waals surface area contributed by atoms with Crippen molar-refractivity contribution < 1.29 is 28.2 Å². The molecule has 0 unspecified atom stereocenters. The van der Waals surface area contributed by atoms with Gasteiger partial charge in [0.2, 0.25) is 0 Å². The molecular weight excluding hydrogens is 448 g/mol. The fourth-order valence-electron chi connectivity index (χ4n) is 3.61. The Morgan fingerprint density at radius 2 is 1.31 bits per heavy atom. The smallest absolute Gasteiger partial charge is 0.336 e. The quantitative estimate of drug-likeness (QED) is 0.164. The van der Waals surface area contributed by atoms with Gasteiger partial charge in [0.1, 0.15) is 22.8 Å². The summed E-state index contributed by atoms with van der Waals surface area (Å²) < 4.78 is 27.3. The van der Waals surface area contributed by atoms with Gasteiger partial charge in [0.15, 0.2) is 0 Å². The molecule has 1 aromatic heterocycles. The lowest BCUT2D eigenvalue weighted by atomic mass is 9.88. The van der Waals surface area contributed by atoms with Crippen molar-refractivity contribution in [1.82, 2.24) is 0 Å². The van der Waals surface area contributed by atoms with Crippen molar-refractivity contribution in [3.63, 3.8) is 0 Å². The summed E-state index contributed by atoms with van der Waals surface area (Å²) in [4.78, 5) is 23.1. The van der Waals surface area contributed by atoms with Gasteiger partial charge < -0.3 is 23.4 Å². The summed E-state index contributed by atoms with van der Waals surface area (Å²) in [6, 6.07) is 16.2. The standard InChI is InChI=1S/C28H34O7/c1-28(2,27(30)31-3)16-7-19-33-23-13-11-22(12-14-23)32-17-5-4-6-18-34-24-10-8-21-9-15-26(29)35-25(21)20-24/h8-15,20H,4-7,16-19H2,1-3H3. The van der Waals surface area contributed by atoms with Crippen molar-refractivity contribution in [2.75, 3.05) is 26.9 Å². The number of benzene rings is 2. The zero-order valence-electron chi connectivity index (χ0n) is 20.7. The maximum absolute atomic E-state index is 11.7. The molecule has 0 atom stereocenters. The fraction of sp³-hybridized carbons (Fsp3) is 0.429. The minimum atomic E-state index is -0.503. The number of hydrogen-bond donors (Lipinski definition) is 0. The van der Waals surface area contributed by atoms with E-state index in [0.717, 1.165) is 42.6 Å². The van der Waals surface area contributed by atoms with Crippen LogP contribution in [0.2, 0.25) is 0 Å². The van der Waals surface area contributed by atoms with Gasteiger partial charge in [-0.15, -0.1) is 0 Å². The molecule has 0 amide bonds. The topological polar surface area (TPSA) is 84.2 Å². The predicted octanol–water partition coefficient (Wildman–Crippen LogP) is 5.78. The maximum atomic E-state index is 11.7. The minimum Gasteiger partial charge on any atom is -0.494 e. The number of esters is 1. The van der Waals surface area contributed by atoms with Gasteiger partial charge in [-0.1, -0.05) is 0 Å². The summed E-state index contributed by atoms with van der Waals surface area (Å²) in [5, 5.41) is 0.869. The van der Waals surface area contributed by atoms with Crippen LogP contribution < -0.4 is 19.8 Å². The maximum Gasteiger partial charge on any atom is 0.336 e. The highest BCUT2D eigenvalue weighted by atomic mass is 16.5. The summed E-state index contributed by atoms with van der Waals surface area (Å²) in [6.07, 6.45) is 4.27. The lowest BCUT2D eigenvalue weighted by Crippen LogP contribution is -2.26. The van der Waals surface area contributed by atoms with Crippen molar-refractivity contribution in [3.05, 3.63) is 65.0 Å². The SMILES string of the molecule is COC(=O)C(C)(C)CCCOc1ccc(OCCCCCOc2ccc3ccc(=O)oc3c2)cc1. The Morgan fingerprint density at radius 1 is 0.771 bits per heavy atom. The molecule has 0 spiro atoms. The van der Waals surface area contributed by atoms with Crippen LogP contribution in [0, 0.1) is 5.41 Å². The summed E-state index contributed by atoms with van der Waals surface area (Å²) >= 11 is 0. The lowest BCUT2D eigenvalue weighted by molar-refractivity contribution is -0.151. The highest BCUT2D eigenvalue weighted by molar-refractivity contribution is 5.77. The number of carbonyl (C=O) groups is 1. The number of unbranched alkanes of at least 4 members (excludes halogenated alkanes) is 2. The van der Waals surface area contributed by atoms with Crippen LogP contribution in [0.15, 0.2) is 63.8 Å². The highest BCUT2D eigenvalue weighted by Gasteiger charge is 2.27. The molecule has 0 fully saturated rings. The Hall–Kier alpha value is -3.48. The third-order valence-corrected chi connectivity index (χ3v) is 5.70. The molecule has 7 nitrogen and oxygen atoms in total. The zero-order valence-corrected chi connectivity index (χ0v) is 20.7. The second kappa shape index (κ2) is 12.8. The normalized spacial score (nSPS) is 11.3. The molecule has 0 saturated heterocycles. The molecule has 0 aliphatic heterocycles. The van der Waals surface area contributed by atoms with Crippen LogP contribution in [-0.2, 0) is 9.53 Å². The summed E-state index contributed by atoms with van der Waals surface area (Å²) in [5.74, 6) is 2.07. The first-order chi connectivity index (χ1) is 16.9. The molecule has 3 rings (SSSR count). The molecule has 188 valence electrons. The van der Waals surface area contributed by atoms with Crippen LogP contribution in [0.3, 0.4) is 0 Å². The van der Waals surface area contributed by atoms with Gasteiger partial charge in [0.25, 0.3) is 0 Å². The average Bonchev–Trinajstić information content (AvgIpc) is 2.86. The molecule has 0 aliphatic rings. The zero-order chi connectivity index (χ0) is 25.1. The van der Waals surface area contributed by atoms with E-state index in [2.05, 4.69) is 0 Å². The summed E-state index contributed by atoms with van der Waals surface area (Å²) in [5.41, 5.74) is -0.340. The van der Waals surface area contributed by atoms with Crippen molar-refractivity contribution in [2.24, 2.45) is 5.41 Å².